The monoisotopic (exact) mass is 431 g/mol. The van der Waals surface area contributed by atoms with Gasteiger partial charge >= 0.3 is 6.03 Å². The number of urea groups is 1. The predicted octanol–water partition coefficient (Wildman–Crippen LogP) is 5.05. The zero-order chi connectivity index (χ0) is 20.2. The van der Waals surface area contributed by atoms with Crippen LogP contribution in [0.15, 0.2) is 48.5 Å². The minimum absolute atomic E-state index is 0.0123. The maximum absolute atomic E-state index is 12.8. The number of nitrogens with zero attached hydrogens (tertiary/aromatic N) is 2. The number of rotatable bonds is 4. The summed E-state index contributed by atoms with van der Waals surface area (Å²) in [6.07, 6.45) is 2.27. The molecule has 2 aliphatic heterocycles. The SMILES string of the molecule is O=C(NCc1ccc(Cl)c(Cl)c1)N1CCC[C@H]2CN(Cc3ccccc3)CC2C1. The van der Waals surface area contributed by atoms with E-state index < -0.39 is 0 Å². The smallest absolute Gasteiger partial charge is 0.317 e. The lowest BCUT2D eigenvalue weighted by atomic mass is 9.93. The van der Waals surface area contributed by atoms with E-state index in [0.29, 0.717) is 28.4 Å². The second-order valence-electron chi connectivity index (χ2n) is 8.20. The third-order valence-electron chi connectivity index (χ3n) is 6.07. The molecule has 2 aromatic carbocycles. The number of fused-ring (bicyclic) bond motifs is 1. The first-order valence-corrected chi connectivity index (χ1v) is 11.1. The fourth-order valence-corrected chi connectivity index (χ4v) is 4.90. The highest BCUT2D eigenvalue weighted by Crippen LogP contribution is 2.32. The number of hydrogen-bond donors (Lipinski definition) is 1. The van der Waals surface area contributed by atoms with Crippen molar-refractivity contribution in [2.45, 2.75) is 25.9 Å². The minimum atomic E-state index is 0.0123. The van der Waals surface area contributed by atoms with E-state index in [0.717, 1.165) is 44.7 Å². The van der Waals surface area contributed by atoms with Crippen LogP contribution in [-0.4, -0.2) is 42.0 Å². The summed E-state index contributed by atoms with van der Waals surface area (Å²) in [6, 6.07) is 16.1. The summed E-state index contributed by atoms with van der Waals surface area (Å²) in [7, 11) is 0. The van der Waals surface area contributed by atoms with Gasteiger partial charge in [0.2, 0.25) is 0 Å². The Labute approximate surface area is 182 Å². The van der Waals surface area contributed by atoms with Crippen LogP contribution in [0, 0.1) is 11.8 Å². The van der Waals surface area contributed by atoms with Crippen LogP contribution in [0.5, 0.6) is 0 Å². The minimum Gasteiger partial charge on any atom is -0.334 e. The molecule has 0 aliphatic carbocycles. The maximum Gasteiger partial charge on any atom is 0.317 e. The molecule has 0 radical (unpaired) electrons. The summed E-state index contributed by atoms with van der Waals surface area (Å²) in [4.78, 5) is 17.3. The van der Waals surface area contributed by atoms with E-state index in [1.807, 2.05) is 11.0 Å². The highest BCUT2D eigenvalue weighted by atomic mass is 35.5. The van der Waals surface area contributed by atoms with Crippen molar-refractivity contribution in [3.05, 3.63) is 69.7 Å². The van der Waals surface area contributed by atoms with Crippen LogP contribution in [0.4, 0.5) is 4.79 Å². The third kappa shape index (κ3) is 5.25. The van der Waals surface area contributed by atoms with Gasteiger partial charge in [0.15, 0.2) is 0 Å². The van der Waals surface area contributed by atoms with Crippen LogP contribution in [-0.2, 0) is 13.1 Å². The molecule has 154 valence electrons. The Kier molecular flexibility index (Phi) is 6.63. The van der Waals surface area contributed by atoms with Crippen molar-refractivity contribution < 1.29 is 4.79 Å². The normalized spacial score (nSPS) is 22.2. The Morgan fingerprint density at radius 3 is 2.55 bits per heavy atom. The summed E-state index contributed by atoms with van der Waals surface area (Å²) < 4.78 is 0. The lowest BCUT2D eigenvalue weighted by molar-refractivity contribution is 0.189. The average Bonchev–Trinajstić information content (AvgIpc) is 2.98. The number of hydrogen-bond acceptors (Lipinski definition) is 2. The molecule has 29 heavy (non-hydrogen) atoms. The lowest BCUT2D eigenvalue weighted by Crippen LogP contribution is -2.42. The summed E-state index contributed by atoms with van der Waals surface area (Å²) in [5.41, 5.74) is 2.32. The zero-order valence-corrected chi connectivity index (χ0v) is 18.0. The van der Waals surface area contributed by atoms with E-state index in [1.54, 1.807) is 12.1 Å². The summed E-state index contributed by atoms with van der Waals surface area (Å²) in [5, 5.41) is 4.09. The van der Waals surface area contributed by atoms with E-state index >= 15 is 0 Å². The van der Waals surface area contributed by atoms with E-state index in [-0.39, 0.29) is 6.03 Å². The average molecular weight is 432 g/mol. The van der Waals surface area contributed by atoms with Crippen molar-refractivity contribution >= 4 is 29.2 Å². The first kappa shape index (κ1) is 20.5. The number of carbonyl (C=O) groups excluding carboxylic acids is 1. The molecular formula is C23H27Cl2N3O. The number of benzene rings is 2. The van der Waals surface area contributed by atoms with Gasteiger partial charge in [0.05, 0.1) is 10.0 Å². The topological polar surface area (TPSA) is 35.6 Å². The predicted molar refractivity (Wildman–Crippen MR) is 118 cm³/mol. The third-order valence-corrected chi connectivity index (χ3v) is 6.81. The van der Waals surface area contributed by atoms with Gasteiger partial charge in [-0.2, -0.15) is 0 Å². The van der Waals surface area contributed by atoms with Crippen molar-refractivity contribution in [1.29, 1.82) is 0 Å². The van der Waals surface area contributed by atoms with Gasteiger partial charge in [0.25, 0.3) is 0 Å². The Morgan fingerprint density at radius 1 is 0.966 bits per heavy atom. The molecule has 2 aromatic rings. The first-order chi connectivity index (χ1) is 14.1. The second-order valence-corrected chi connectivity index (χ2v) is 9.01. The molecule has 2 amide bonds. The Balaban J connectivity index is 1.31. The quantitative estimate of drug-likeness (QED) is 0.734. The summed E-state index contributed by atoms with van der Waals surface area (Å²) in [6.45, 7) is 5.33. The number of carbonyl (C=O) groups is 1. The summed E-state index contributed by atoms with van der Waals surface area (Å²) in [5.74, 6) is 1.24. The largest absolute Gasteiger partial charge is 0.334 e. The van der Waals surface area contributed by atoms with Gasteiger partial charge in [-0.1, -0.05) is 59.6 Å². The van der Waals surface area contributed by atoms with Gasteiger partial charge in [-0.25, -0.2) is 4.79 Å². The Morgan fingerprint density at radius 2 is 1.76 bits per heavy atom. The Hall–Kier alpha value is -1.75. The zero-order valence-electron chi connectivity index (χ0n) is 16.5. The first-order valence-electron chi connectivity index (χ1n) is 10.3. The molecule has 2 heterocycles. The molecular weight excluding hydrogens is 405 g/mol. The molecule has 2 aliphatic rings. The molecule has 1 unspecified atom stereocenters. The maximum atomic E-state index is 12.8. The molecule has 4 nitrogen and oxygen atoms in total. The van der Waals surface area contributed by atoms with Crippen LogP contribution < -0.4 is 5.32 Å². The number of halogens is 2. The number of amides is 2. The molecule has 0 bridgehead atoms. The highest BCUT2D eigenvalue weighted by Gasteiger charge is 2.36. The Bertz CT molecular complexity index is 845. The molecule has 2 atom stereocenters. The molecule has 0 aromatic heterocycles. The van der Waals surface area contributed by atoms with Crippen molar-refractivity contribution in [2.75, 3.05) is 26.2 Å². The molecule has 0 spiro atoms. The lowest BCUT2D eigenvalue weighted by Gasteiger charge is -2.25. The number of nitrogens with one attached hydrogen (secondary N) is 1. The van der Waals surface area contributed by atoms with E-state index in [9.17, 15) is 4.79 Å². The van der Waals surface area contributed by atoms with Crippen LogP contribution in [0.3, 0.4) is 0 Å². The molecule has 0 saturated carbocycles. The van der Waals surface area contributed by atoms with Crippen molar-refractivity contribution in [2.24, 2.45) is 11.8 Å². The van der Waals surface area contributed by atoms with Crippen LogP contribution in [0.25, 0.3) is 0 Å². The molecule has 4 rings (SSSR count). The van der Waals surface area contributed by atoms with Gasteiger partial charge in [0.1, 0.15) is 0 Å². The fraction of sp³-hybridized carbons (Fsp3) is 0.435. The second kappa shape index (κ2) is 9.38. The molecule has 2 saturated heterocycles. The highest BCUT2D eigenvalue weighted by molar-refractivity contribution is 6.42. The van der Waals surface area contributed by atoms with E-state index in [1.165, 1.54) is 12.0 Å². The van der Waals surface area contributed by atoms with Crippen molar-refractivity contribution in [3.63, 3.8) is 0 Å². The fourth-order valence-electron chi connectivity index (χ4n) is 4.58. The van der Waals surface area contributed by atoms with E-state index in [2.05, 4.69) is 40.5 Å². The van der Waals surface area contributed by atoms with Crippen LogP contribution >= 0.6 is 23.2 Å². The van der Waals surface area contributed by atoms with Crippen molar-refractivity contribution in [1.82, 2.24) is 15.1 Å². The molecule has 2 fully saturated rings. The van der Waals surface area contributed by atoms with Gasteiger partial charge < -0.3 is 10.2 Å². The van der Waals surface area contributed by atoms with Gasteiger partial charge in [-0.05, 0) is 47.9 Å². The molecule has 6 heteroatoms. The van der Waals surface area contributed by atoms with Gasteiger partial charge in [-0.15, -0.1) is 0 Å². The molecule has 1 N–H and O–H groups in total. The standard InChI is InChI=1S/C23H27Cl2N3O/c24-21-9-8-18(11-22(21)25)12-26-23(29)28-10-4-7-19-14-27(15-20(19)16-28)13-17-5-2-1-3-6-17/h1-3,5-6,8-9,11,19-20H,4,7,10,12-16H2,(H,26,29)/t19-,20?/m0/s1. The van der Waals surface area contributed by atoms with Crippen LogP contribution in [0.1, 0.15) is 24.0 Å². The number of likely N-dealkylation sites (tertiary alicyclic amines) is 2. The van der Waals surface area contributed by atoms with E-state index in [4.69, 9.17) is 23.2 Å². The van der Waals surface area contributed by atoms with Gasteiger partial charge in [0, 0.05) is 39.3 Å². The van der Waals surface area contributed by atoms with Crippen molar-refractivity contribution in [3.8, 4) is 0 Å². The summed E-state index contributed by atoms with van der Waals surface area (Å²) >= 11 is 12.0. The van der Waals surface area contributed by atoms with Gasteiger partial charge in [-0.3, -0.25) is 4.90 Å². The van der Waals surface area contributed by atoms with Crippen LogP contribution in [0.2, 0.25) is 10.0 Å².